The van der Waals surface area contributed by atoms with Gasteiger partial charge >= 0.3 is 0 Å². The Kier molecular flexibility index (Phi) is 10.7. The van der Waals surface area contributed by atoms with Crippen molar-refractivity contribution in [2.24, 2.45) is 9.49 Å². The minimum Gasteiger partial charge on any atom is -0.455 e. The summed E-state index contributed by atoms with van der Waals surface area (Å²) in [6, 6.07) is 74.3. The van der Waals surface area contributed by atoms with Crippen LogP contribution >= 0.6 is 14.1 Å². The molecule has 1 aromatic heterocycles. The first-order valence-corrected chi connectivity index (χ1v) is 24.0. The summed E-state index contributed by atoms with van der Waals surface area (Å²) >= 11 is 0. The van der Waals surface area contributed by atoms with Gasteiger partial charge in [-0.15, -0.1) is 0 Å². The fourth-order valence-electron chi connectivity index (χ4n) is 8.27. The summed E-state index contributed by atoms with van der Waals surface area (Å²) in [7, 11) is -5.48. The summed E-state index contributed by atoms with van der Waals surface area (Å²) in [5, 5.41) is 9.00. The fourth-order valence-corrected chi connectivity index (χ4v) is 15.6. The van der Waals surface area contributed by atoms with E-state index in [0.29, 0.717) is 11.8 Å². The van der Waals surface area contributed by atoms with Crippen molar-refractivity contribution in [3.05, 3.63) is 217 Å². The van der Waals surface area contributed by atoms with Gasteiger partial charge in [0.2, 0.25) is 0 Å². The SMILES string of the molecule is CC(C)c1ccc(N=P(c2ccccc2)(c2ccccc2)c2cccc3c2oc2c(P(=Nc4ccc(C(C)C)cc4)(c4ccccc4)c4ccccc4)cccc23)cc1. The number of hydrogen-bond donors (Lipinski definition) is 0. The van der Waals surface area contributed by atoms with Crippen LogP contribution in [0.4, 0.5) is 11.4 Å². The van der Waals surface area contributed by atoms with Crippen LogP contribution in [0.1, 0.15) is 50.7 Å². The average molecular weight is 803 g/mol. The number of fused-ring (bicyclic) bond motifs is 3. The second-order valence-corrected chi connectivity index (χ2v) is 21.7. The van der Waals surface area contributed by atoms with E-state index in [1.165, 1.54) is 32.3 Å². The molecule has 0 aliphatic carbocycles. The zero-order valence-electron chi connectivity index (χ0n) is 34.0. The standard InChI is InChI=1S/C54H48N2OP2/c1-39(2)41-31-35-43(36-32-41)55-58(45-19-9-5-10-20-45,46-21-11-6-12-22-46)51-29-17-27-49-50-28-18-30-52(54(50)57-53(49)51)59(47-23-13-7-14-24-47,48-25-15-8-16-26-48)56-44-37-33-42(34-38-44)40(3)4/h5-40H,1-4H3. The van der Waals surface area contributed by atoms with Crippen molar-refractivity contribution in [2.75, 3.05) is 0 Å². The number of nitrogens with zero attached hydrogens (tertiary/aromatic N) is 2. The molecule has 9 rings (SSSR count). The van der Waals surface area contributed by atoms with Crippen molar-refractivity contribution in [1.29, 1.82) is 0 Å². The molecule has 0 unspecified atom stereocenters. The molecule has 0 N–H and O–H groups in total. The van der Waals surface area contributed by atoms with E-state index in [2.05, 4.69) is 234 Å². The third kappa shape index (κ3) is 7.03. The van der Waals surface area contributed by atoms with Crippen LogP contribution in [0.25, 0.3) is 21.9 Å². The van der Waals surface area contributed by atoms with Crippen molar-refractivity contribution >= 4 is 79.2 Å². The van der Waals surface area contributed by atoms with Gasteiger partial charge in [0.25, 0.3) is 0 Å². The lowest BCUT2D eigenvalue weighted by molar-refractivity contribution is 0.674. The van der Waals surface area contributed by atoms with Crippen LogP contribution in [0, 0.1) is 0 Å². The molecule has 0 amide bonds. The van der Waals surface area contributed by atoms with E-state index in [4.69, 9.17) is 13.9 Å². The Hall–Kier alpha value is -5.98. The molecule has 0 saturated carbocycles. The lowest BCUT2D eigenvalue weighted by Crippen LogP contribution is -2.26. The maximum atomic E-state index is 7.52. The Bertz CT molecular complexity index is 2680. The Morgan fingerprint density at radius 2 is 0.644 bits per heavy atom. The third-order valence-corrected chi connectivity index (χ3v) is 18.7. The molecule has 0 aliphatic heterocycles. The molecule has 5 heteroatoms. The minimum atomic E-state index is -2.74. The number of benzene rings is 8. The lowest BCUT2D eigenvalue weighted by Gasteiger charge is -2.27. The van der Waals surface area contributed by atoms with Crippen LogP contribution < -0.4 is 31.8 Å². The van der Waals surface area contributed by atoms with Crippen LogP contribution in [-0.2, 0) is 0 Å². The van der Waals surface area contributed by atoms with Gasteiger partial charge in [0, 0.05) is 42.6 Å². The van der Waals surface area contributed by atoms with Gasteiger partial charge in [-0.05, 0) is 59.4 Å². The van der Waals surface area contributed by atoms with Gasteiger partial charge in [0.15, 0.2) is 0 Å². The monoisotopic (exact) mass is 802 g/mol. The molecule has 3 nitrogen and oxygen atoms in total. The topological polar surface area (TPSA) is 37.9 Å². The highest BCUT2D eigenvalue weighted by atomic mass is 31.2. The highest BCUT2D eigenvalue weighted by molar-refractivity contribution is 7.88. The number of furan rings is 1. The molecule has 0 spiro atoms. The molecular weight excluding hydrogens is 755 g/mol. The molecule has 9 aromatic rings. The van der Waals surface area contributed by atoms with Gasteiger partial charge in [-0.25, -0.2) is 0 Å². The first-order valence-electron chi connectivity index (χ1n) is 20.5. The fraction of sp³-hybridized carbons (Fsp3) is 0.111. The van der Waals surface area contributed by atoms with E-state index in [1.54, 1.807) is 0 Å². The highest BCUT2D eigenvalue weighted by Crippen LogP contribution is 2.54. The van der Waals surface area contributed by atoms with Gasteiger partial charge in [0.05, 0.1) is 25.5 Å². The molecule has 0 aliphatic rings. The second kappa shape index (κ2) is 16.3. The van der Waals surface area contributed by atoms with Crippen LogP contribution in [0.5, 0.6) is 0 Å². The predicted octanol–water partition coefficient (Wildman–Crippen LogP) is 13.5. The van der Waals surface area contributed by atoms with Crippen molar-refractivity contribution in [3.63, 3.8) is 0 Å². The summed E-state index contributed by atoms with van der Waals surface area (Å²) in [5.74, 6) is 0.858. The molecule has 0 fully saturated rings. The summed E-state index contributed by atoms with van der Waals surface area (Å²) < 4.78 is 19.3. The summed E-state index contributed by atoms with van der Waals surface area (Å²) in [4.78, 5) is 0. The first-order chi connectivity index (χ1) is 28.9. The number of para-hydroxylation sites is 2. The summed E-state index contributed by atoms with van der Waals surface area (Å²) in [6.45, 7) is 8.93. The Labute approximate surface area is 348 Å². The normalized spacial score (nSPS) is 12.0. The van der Waals surface area contributed by atoms with E-state index in [1.807, 2.05) is 0 Å². The molecule has 0 bridgehead atoms. The van der Waals surface area contributed by atoms with Crippen molar-refractivity contribution in [2.45, 2.75) is 39.5 Å². The summed E-state index contributed by atoms with van der Waals surface area (Å²) in [5.41, 5.74) is 6.21. The van der Waals surface area contributed by atoms with Crippen LogP contribution in [0.3, 0.4) is 0 Å². The van der Waals surface area contributed by atoms with Gasteiger partial charge in [-0.2, -0.15) is 0 Å². The van der Waals surface area contributed by atoms with Crippen molar-refractivity contribution in [1.82, 2.24) is 0 Å². The molecule has 0 atom stereocenters. The van der Waals surface area contributed by atoms with Crippen LogP contribution in [-0.4, -0.2) is 0 Å². The maximum absolute atomic E-state index is 7.52. The Morgan fingerprint density at radius 3 is 0.932 bits per heavy atom. The molecule has 0 saturated heterocycles. The molecule has 0 radical (unpaired) electrons. The second-order valence-electron chi connectivity index (χ2n) is 15.7. The van der Waals surface area contributed by atoms with Gasteiger partial charge in [0.1, 0.15) is 11.2 Å². The van der Waals surface area contributed by atoms with E-state index < -0.39 is 14.1 Å². The number of hydrogen-bond acceptors (Lipinski definition) is 3. The Balaban J connectivity index is 1.41. The third-order valence-electron chi connectivity index (χ3n) is 11.3. The minimum absolute atomic E-state index is 0.429. The largest absolute Gasteiger partial charge is 0.455 e. The van der Waals surface area contributed by atoms with E-state index in [0.717, 1.165) is 43.9 Å². The van der Waals surface area contributed by atoms with E-state index in [-0.39, 0.29) is 0 Å². The van der Waals surface area contributed by atoms with Gasteiger partial charge in [-0.3, -0.25) is 9.49 Å². The molecular formula is C54H48N2OP2. The lowest BCUT2D eigenvalue weighted by atomic mass is 10.0. The van der Waals surface area contributed by atoms with Crippen molar-refractivity contribution in [3.8, 4) is 0 Å². The summed E-state index contributed by atoms with van der Waals surface area (Å²) in [6.07, 6.45) is 0. The maximum Gasteiger partial charge on any atom is 0.145 e. The van der Waals surface area contributed by atoms with Crippen LogP contribution in [0.15, 0.2) is 220 Å². The highest BCUT2D eigenvalue weighted by Gasteiger charge is 2.34. The molecule has 59 heavy (non-hydrogen) atoms. The van der Waals surface area contributed by atoms with Crippen molar-refractivity contribution < 1.29 is 4.42 Å². The average Bonchev–Trinajstić information content (AvgIpc) is 3.68. The number of rotatable bonds is 10. The molecule has 290 valence electrons. The van der Waals surface area contributed by atoms with Gasteiger partial charge in [-0.1, -0.05) is 198 Å². The van der Waals surface area contributed by atoms with Crippen LogP contribution in [0.2, 0.25) is 0 Å². The van der Waals surface area contributed by atoms with E-state index in [9.17, 15) is 0 Å². The van der Waals surface area contributed by atoms with Gasteiger partial charge < -0.3 is 4.42 Å². The predicted molar refractivity (Wildman–Crippen MR) is 256 cm³/mol. The smallest absolute Gasteiger partial charge is 0.145 e. The first kappa shape index (κ1) is 38.5. The quantitative estimate of drug-likeness (QED) is 0.127. The Morgan fingerprint density at radius 1 is 0.339 bits per heavy atom. The zero-order chi connectivity index (χ0) is 40.4. The molecule has 1 heterocycles. The molecule has 8 aromatic carbocycles. The zero-order valence-corrected chi connectivity index (χ0v) is 35.8. The van der Waals surface area contributed by atoms with E-state index >= 15 is 0 Å².